The number of fused-ring (bicyclic) bond motifs is 1. The van der Waals surface area contributed by atoms with Gasteiger partial charge in [0, 0.05) is 16.9 Å². The van der Waals surface area contributed by atoms with E-state index in [0.29, 0.717) is 17.1 Å². The lowest BCUT2D eigenvalue weighted by Gasteiger charge is -2.06. The van der Waals surface area contributed by atoms with Gasteiger partial charge in [0.1, 0.15) is 5.82 Å². The van der Waals surface area contributed by atoms with Gasteiger partial charge in [-0.1, -0.05) is 5.21 Å². The van der Waals surface area contributed by atoms with Crippen LogP contribution in [-0.4, -0.2) is 43.8 Å². The second kappa shape index (κ2) is 8.30. The molecule has 33 heavy (non-hydrogen) atoms. The Hall–Kier alpha value is -4.34. The van der Waals surface area contributed by atoms with Crippen molar-refractivity contribution in [3.05, 3.63) is 83.2 Å². The van der Waals surface area contributed by atoms with Gasteiger partial charge in [-0.2, -0.15) is 5.10 Å². The van der Waals surface area contributed by atoms with Crippen molar-refractivity contribution in [3.63, 3.8) is 0 Å². The number of rotatable bonds is 5. The normalized spacial score (nSPS) is 12.4. The molecule has 0 radical (unpaired) electrons. The van der Waals surface area contributed by atoms with E-state index in [0.717, 1.165) is 36.2 Å². The van der Waals surface area contributed by atoms with Crippen LogP contribution in [-0.2, 0) is 17.6 Å². The molecule has 1 aliphatic carbocycles. The average Bonchev–Trinajstić information content (AvgIpc) is 3.57. The van der Waals surface area contributed by atoms with Crippen molar-refractivity contribution in [3.8, 4) is 11.4 Å². The van der Waals surface area contributed by atoms with Gasteiger partial charge in [-0.15, -0.1) is 5.10 Å². The molecule has 1 aliphatic rings. The molecule has 0 saturated carbocycles. The molecule has 4 aromatic rings. The second-order valence-corrected chi connectivity index (χ2v) is 7.56. The minimum absolute atomic E-state index is 0.0977. The predicted octanol–water partition coefficient (Wildman–Crippen LogP) is 3.12. The minimum atomic E-state index is -0.572. The smallest absolute Gasteiger partial charge is 0.360 e. The molecule has 9 nitrogen and oxygen atoms in total. The van der Waals surface area contributed by atoms with Crippen molar-refractivity contribution in [2.75, 3.05) is 12.4 Å². The molecule has 2 aromatic heterocycles. The second-order valence-electron chi connectivity index (χ2n) is 7.56. The van der Waals surface area contributed by atoms with Crippen LogP contribution in [0.5, 0.6) is 0 Å². The molecule has 166 valence electrons. The first-order valence-corrected chi connectivity index (χ1v) is 10.3. The van der Waals surface area contributed by atoms with Crippen molar-refractivity contribution in [2.24, 2.45) is 0 Å². The lowest BCUT2D eigenvalue weighted by Crippen LogP contribution is -2.15. The fourth-order valence-corrected chi connectivity index (χ4v) is 3.89. The first-order chi connectivity index (χ1) is 16.0. The number of hydrogen-bond donors (Lipinski definition) is 1. The van der Waals surface area contributed by atoms with Gasteiger partial charge in [0.15, 0.2) is 11.4 Å². The van der Waals surface area contributed by atoms with E-state index in [1.54, 1.807) is 41.1 Å². The van der Waals surface area contributed by atoms with Crippen LogP contribution in [0.4, 0.5) is 10.1 Å². The Morgan fingerprint density at radius 1 is 1.03 bits per heavy atom. The number of benzene rings is 2. The maximum absolute atomic E-state index is 13.3. The van der Waals surface area contributed by atoms with Crippen LogP contribution in [0.25, 0.3) is 11.4 Å². The highest BCUT2D eigenvalue weighted by Gasteiger charge is 2.27. The highest BCUT2D eigenvalue weighted by atomic mass is 19.1. The third-order valence-electron chi connectivity index (χ3n) is 5.49. The number of ether oxygens (including phenoxy) is 1. The first kappa shape index (κ1) is 20.6. The van der Waals surface area contributed by atoms with Gasteiger partial charge in [0.25, 0.3) is 5.91 Å². The van der Waals surface area contributed by atoms with E-state index in [1.807, 2.05) is 0 Å². The number of carbonyl (C=O) groups excluding carboxylic acids is 2. The number of carbonyl (C=O) groups is 2. The fraction of sp³-hybridized carbons (Fsp3) is 0.174. The molecule has 2 aromatic carbocycles. The topological polar surface area (TPSA) is 104 Å². The van der Waals surface area contributed by atoms with Crippen molar-refractivity contribution in [1.82, 2.24) is 24.8 Å². The molecular formula is C23H19FN6O3. The molecule has 5 rings (SSSR count). The van der Waals surface area contributed by atoms with E-state index < -0.39 is 5.97 Å². The Kier molecular flexibility index (Phi) is 5.17. The summed E-state index contributed by atoms with van der Waals surface area (Å²) in [5.41, 5.74) is 4.34. The lowest BCUT2D eigenvalue weighted by molar-refractivity contribution is 0.0593. The molecule has 0 aliphatic heterocycles. The summed E-state index contributed by atoms with van der Waals surface area (Å²) in [6, 6.07) is 13.0. The molecule has 1 amide bonds. The molecule has 1 N–H and O–H groups in total. The van der Waals surface area contributed by atoms with E-state index in [4.69, 9.17) is 0 Å². The van der Waals surface area contributed by atoms with Crippen molar-refractivity contribution < 1.29 is 18.7 Å². The van der Waals surface area contributed by atoms with Gasteiger partial charge < -0.3 is 10.1 Å². The molecule has 0 saturated heterocycles. The van der Waals surface area contributed by atoms with Crippen LogP contribution in [0.1, 0.15) is 38.7 Å². The Labute approximate surface area is 187 Å². The summed E-state index contributed by atoms with van der Waals surface area (Å²) in [5, 5.41) is 15.1. The molecule has 0 spiro atoms. The lowest BCUT2D eigenvalue weighted by atomic mass is 10.2. The highest BCUT2D eigenvalue weighted by molar-refractivity contribution is 6.04. The first-order valence-electron chi connectivity index (χ1n) is 10.3. The largest absolute Gasteiger partial charge is 0.464 e. The van der Waals surface area contributed by atoms with Crippen LogP contribution >= 0.6 is 0 Å². The Bertz CT molecular complexity index is 1340. The van der Waals surface area contributed by atoms with Gasteiger partial charge in [-0.05, 0) is 67.8 Å². The number of amides is 1. The van der Waals surface area contributed by atoms with Crippen molar-refractivity contribution in [2.45, 2.75) is 19.3 Å². The maximum Gasteiger partial charge on any atom is 0.360 e. The van der Waals surface area contributed by atoms with Crippen LogP contribution in [0.15, 0.2) is 54.7 Å². The van der Waals surface area contributed by atoms with Crippen molar-refractivity contribution in [1.29, 1.82) is 0 Å². The number of nitrogens with one attached hydrogen (secondary N) is 1. The Balaban J connectivity index is 1.36. The molecular weight excluding hydrogens is 427 g/mol. The summed E-state index contributed by atoms with van der Waals surface area (Å²) < 4.78 is 21.1. The van der Waals surface area contributed by atoms with E-state index in [2.05, 4.69) is 25.5 Å². The van der Waals surface area contributed by atoms with Crippen molar-refractivity contribution >= 4 is 17.6 Å². The summed E-state index contributed by atoms with van der Waals surface area (Å²) in [6.07, 6.45) is 3.99. The molecule has 0 unspecified atom stereocenters. The summed E-state index contributed by atoms with van der Waals surface area (Å²) in [5.74, 6) is -1.20. The summed E-state index contributed by atoms with van der Waals surface area (Å²) in [4.78, 5) is 24.6. The number of halogens is 1. The molecule has 0 bridgehead atoms. The third-order valence-corrected chi connectivity index (χ3v) is 5.49. The van der Waals surface area contributed by atoms with Gasteiger partial charge in [-0.25, -0.2) is 18.5 Å². The van der Waals surface area contributed by atoms with E-state index in [1.165, 1.54) is 30.1 Å². The number of anilines is 1. The van der Waals surface area contributed by atoms with Crippen LogP contribution in [0, 0.1) is 5.82 Å². The zero-order valence-corrected chi connectivity index (χ0v) is 17.7. The molecule has 10 heteroatoms. The summed E-state index contributed by atoms with van der Waals surface area (Å²) >= 11 is 0. The minimum Gasteiger partial charge on any atom is -0.464 e. The maximum atomic E-state index is 13.3. The zero-order valence-electron chi connectivity index (χ0n) is 17.7. The quantitative estimate of drug-likeness (QED) is 0.473. The SMILES string of the molecule is COC(=O)c1cn(-c2ccc(NC(=O)c3nn(-c4ccc(F)cc4)c4c3CCC4)cc2)nn1. The highest BCUT2D eigenvalue weighted by Crippen LogP contribution is 2.28. The van der Waals surface area contributed by atoms with Gasteiger partial charge in [0.05, 0.1) is 24.7 Å². The van der Waals surface area contributed by atoms with Crippen LogP contribution in [0.3, 0.4) is 0 Å². The summed E-state index contributed by atoms with van der Waals surface area (Å²) in [6.45, 7) is 0. The van der Waals surface area contributed by atoms with E-state index in [9.17, 15) is 14.0 Å². The molecule has 0 fully saturated rings. The van der Waals surface area contributed by atoms with Gasteiger partial charge >= 0.3 is 5.97 Å². The molecule has 0 atom stereocenters. The molecule has 2 heterocycles. The Morgan fingerprint density at radius 3 is 2.48 bits per heavy atom. The van der Waals surface area contributed by atoms with Crippen LogP contribution < -0.4 is 5.32 Å². The van der Waals surface area contributed by atoms with Crippen LogP contribution in [0.2, 0.25) is 0 Å². The Morgan fingerprint density at radius 2 is 1.76 bits per heavy atom. The zero-order chi connectivity index (χ0) is 22.9. The third kappa shape index (κ3) is 3.86. The summed E-state index contributed by atoms with van der Waals surface area (Å²) in [7, 11) is 1.27. The van der Waals surface area contributed by atoms with Gasteiger partial charge in [-0.3, -0.25) is 4.79 Å². The predicted molar refractivity (Wildman–Crippen MR) is 116 cm³/mol. The number of esters is 1. The monoisotopic (exact) mass is 446 g/mol. The number of aromatic nitrogens is 5. The fourth-order valence-electron chi connectivity index (χ4n) is 3.89. The number of nitrogens with zero attached hydrogens (tertiary/aromatic N) is 5. The van der Waals surface area contributed by atoms with Gasteiger partial charge in [0.2, 0.25) is 0 Å². The number of methoxy groups -OCH3 is 1. The average molecular weight is 446 g/mol. The standard InChI is InChI=1S/C23H19FN6O3/c1-33-23(32)19-13-29(28-26-19)16-11-7-15(8-12-16)25-22(31)21-18-3-2-4-20(18)30(27-21)17-9-5-14(24)6-10-17/h5-13H,2-4H2,1H3,(H,25,31). The van der Waals surface area contributed by atoms with E-state index >= 15 is 0 Å². The van der Waals surface area contributed by atoms with E-state index in [-0.39, 0.29) is 17.4 Å². The number of hydrogen-bond acceptors (Lipinski definition) is 6.